The lowest BCUT2D eigenvalue weighted by Crippen LogP contribution is -2.33. The number of rotatable bonds is 8. The third kappa shape index (κ3) is 6.01. The number of carbonyl (C=O) groups is 1. The number of benzene rings is 2. The van der Waals surface area contributed by atoms with Crippen molar-refractivity contribution < 1.29 is 22.7 Å². The Morgan fingerprint density at radius 3 is 2.31 bits per heavy atom. The highest BCUT2D eigenvalue weighted by molar-refractivity contribution is 7.89. The molecule has 0 aliphatic carbocycles. The predicted octanol–water partition coefficient (Wildman–Crippen LogP) is 3.69. The summed E-state index contributed by atoms with van der Waals surface area (Å²) in [5.41, 5.74) is 1.92. The zero-order valence-corrected chi connectivity index (χ0v) is 19.9. The fraction of sp³-hybridized carbons (Fsp3) is 0.458. The minimum absolute atomic E-state index is 0.0206. The minimum Gasteiger partial charge on any atom is -0.486 e. The van der Waals surface area contributed by atoms with E-state index in [1.807, 2.05) is 37.3 Å². The molecule has 1 heterocycles. The second kappa shape index (κ2) is 9.92. The van der Waals surface area contributed by atoms with Gasteiger partial charge in [-0.3, -0.25) is 4.79 Å². The Labute approximate surface area is 190 Å². The average Bonchev–Trinajstić information content (AvgIpc) is 2.76. The number of hydrogen-bond acceptors (Lipinski definition) is 5. The van der Waals surface area contributed by atoms with E-state index in [-0.39, 0.29) is 35.2 Å². The third-order valence-electron chi connectivity index (χ3n) is 5.39. The summed E-state index contributed by atoms with van der Waals surface area (Å²) in [6.07, 6.45) is 0.734. The molecule has 1 amide bonds. The lowest BCUT2D eigenvalue weighted by Gasteiger charge is -2.22. The van der Waals surface area contributed by atoms with Crippen LogP contribution in [0.1, 0.15) is 57.7 Å². The smallest absolute Gasteiger partial charge is 0.240 e. The topological polar surface area (TPSA) is 93.7 Å². The molecule has 1 atom stereocenters. The molecule has 2 aromatic carbocycles. The van der Waals surface area contributed by atoms with E-state index in [4.69, 9.17) is 9.47 Å². The predicted molar refractivity (Wildman–Crippen MR) is 124 cm³/mol. The average molecular weight is 461 g/mol. The van der Waals surface area contributed by atoms with E-state index >= 15 is 0 Å². The first-order valence-corrected chi connectivity index (χ1v) is 12.4. The van der Waals surface area contributed by atoms with Gasteiger partial charge in [0, 0.05) is 13.0 Å². The zero-order valence-electron chi connectivity index (χ0n) is 19.1. The molecular weight excluding hydrogens is 428 g/mol. The van der Waals surface area contributed by atoms with Gasteiger partial charge in [-0.05, 0) is 47.2 Å². The van der Waals surface area contributed by atoms with Crippen LogP contribution in [0.2, 0.25) is 0 Å². The molecule has 0 radical (unpaired) electrons. The van der Waals surface area contributed by atoms with Crippen molar-refractivity contribution in [2.75, 3.05) is 19.8 Å². The van der Waals surface area contributed by atoms with Gasteiger partial charge in [-0.1, -0.05) is 45.9 Å². The quantitative estimate of drug-likeness (QED) is 0.627. The van der Waals surface area contributed by atoms with Gasteiger partial charge in [0.15, 0.2) is 11.5 Å². The molecule has 1 unspecified atom stereocenters. The summed E-state index contributed by atoms with van der Waals surface area (Å²) >= 11 is 0. The Morgan fingerprint density at radius 1 is 1.03 bits per heavy atom. The second-order valence-electron chi connectivity index (χ2n) is 8.85. The Balaban J connectivity index is 1.54. The maximum absolute atomic E-state index is 12.5. The molecule has 7 nitrogen and oxygen atoms in total. The monoisotopic (exact) mass is 460 g/mol. The molecule has 0 aromatic heterocycles. The van der Waals surface area contributed by atoms with E-state index in [1.54, 1.807) is 12.1 Å². The van der Waals surface area contributed by atoms with E-state index in [2.05, 4.69) is 30.8 Å². The molecule has 3 rings (SSSR count). The SMILES string of the molecule is CCC(NC(=O)CCNS(=O)(=O)c1ccc(C(C)(C)C)cc1)c1ccc2c(c1)OCCO2. The van der Waals surface area contributed by atoms with Gasteiger partial charge < -0.3 is 14.8 Å². The van der Waals surface area contributed by atoms with E-state index in [0.29, 0.717) is 31.1 Å². The van der Waals surface area contributed by atoms with Crippen LogP contribution in [-0.2, 0) is 20.2 Å². The van der Waals surface area contributed by atoms with Gasteiger partial charge in [0.25, 0.3) is 0 Å². The molecule has 0 fully saturated rings. The number of ether oxygens (including phenoxy) is 2. The summed E-state index contributed by atoms with van der Waals surface area (Å²) in [5, 5.41) is 2.97. The van der Waals surface area contributed by atoms with E-state index < -0.39 is 10.0 Å². The summed E-state index contributed by atoms with van der Waals surface area (Å²) in [4.78, 5) is 12.6. The molecule has 174 valence electrons. The molecule has 0 saturated carbocycles. The normalized spacial score (nSPS) is 14.6. The van der Waals surface area contributed by atoms with Crippen LogP contribution in [0.25, 0.3) is 0 Å². The molecule has 0 bridgehead atoms. The largest absolute Gasteiger partial charge is 0.486 e. The van der Waals surface area contributed by atoms with E-state index in [0.717, 1.165) is 11.1 Å². The van der Waals surface area contributed by atoms with Crippen molar-refractivity contribution >= 4 is 15.9 Å². The van der Waals surface area contributed by atoms with Crippen molar-refractivity contribution in [3.8, 4) is 11.5 Å². The van der Waals surface area contributed by atoms with Gasteiger partial charge in [-0.2, -0.15) is 0 Å². The lowest BCUT2D eigenvalue weighted by molar-refractivity contribution is -0.121. The highest BCUT2D eigenvalue weighted by atomic mass is 32.2. The van der Waals surface area contributed by atoms with Gasteiger partial charge >= 0.3 is 0 Å². The Morgan fingerprint density at radius 2 is 1.69 bits per heavy atom. The molecule has 2 aromatic rings. The van der Waals surface area contributed by atoms with Crippen molar-refractivity contribution in [1.82, 2.24) is 10.0 Å². The Kier molecular flexibility index (Phi) is 7.46. The first kappa shape index (κ1) is 24.1. The minimum atomic E-state index is -3.68. The number of carbonyl (C=O) groups excluding carboxylic acids is 1. The van der Waals surface area contributed by atoms with Crippen LogP contribution >= 0.6 is 0 Å². The molecule has 0 spiro atoms. The standard InChI is InChI=1S/C24H32N2O5S/c1-5-20(17-6-11-21-22(16-17)31-15-14-30-21)26-23(27)12-13-25-32(28,29)19-9-7-18(8-10-19)24(2,3)4/h6-11,16,20,25H,5,12-15H2,1-4H3,(H,26,27). The second-order valence-corrected chi connectivity index (χ2v) is 10.6. The van der Waals surface area contributed by atoms with Crippen molar-refractivity contribution in [2.45, 2.75) is 56.9 Å². The lowest BCUT2D eigenvalue weighted by atomic mass is 9.87. The van der Waals surface area contributed by atoms with Crippen LogP contribution in [-0.4, -0.2) is 34.1 Å². The van der Waals surface area contributed by atoms with Gasteiger partial charge in [-0.15, -0.1) is 0 Å². The van der Waals surface area contributed by atoms with E-state index in [1.165, 1.54) is 0 Å². The molecule has 1 aliphatic rings. The molecule has 2 N–H and O–H groups in total. The summed E-state index contributed by atoms with van der Waals surface area (Å²) in [6.45, 7) is 9.24. The number of amides is 1. The number of nitrogens with one attached hydrogen (secondary N) is 2. The van der Waals surface area contributed by atoms with Crippen molar-refractivity contribution in [1.29, 1.82) is 0 Å². The fourth-order valence-corrected chi connectivity index (χ4v) is 4.51. The van der Waals surface area contributed by atoms with Crippen LogP contribution in [0.15, 0.2) is 47.4 Å². The summed E-state index contributed by atoms with van der Waals surface area (Å²) < 4.78 is 38.8. The zero-order chi connectivity index (χ0) is 23.4. The first-order valence-electron chi connectivity index (χ1n) is 10.9. The van der Waals surface area contributed by atoms with Crippen LogP contribution < -0.4 is 19.5 Å². The van der Waals surface area contributed by atoms with Gasteiger partial charge in [0.1, 0.15) is 13.2 Å². The molecular formula is C24H32N2O5S. The molecule has 8 heteroatoms. The van der Waals surface area contributed by atoms with Crippen LogP contribution in [0.3, 0.4) is 0 Å². The number of hydrogen-bond donors (Lipinski definition) is 2. The fourth-order valence-electron chi connectivity index (χ4n) is 3.48. The molecule has 32 heavy (non-hydrogen) atoms. The summed E-state index contributed by atoms with van der Waals surface area (Å²) in [7, 11) is -3.68. The highest BCUT2D eigenvalue weighted by Crippen LogP contribution is 2.33. The maximum Gasteiger partial charge on any atom is 0.240 e. The highest BCUT2D eigenvalue weighted by Gasteiger charge is 2.20. The molecule has 0 saturated heterocycles. The van der Waals surface area contributed by atoms with Crippen molar-refractivity contribution in [3.63, 3.8) is 0 Å². The van der Waals surface area contributed by atoms with Crippen LogP contribution in [0, 0.1) is 0 Å². The number of sulfonamides is 1. The first-order chi connectivity index (χ1) is 15.1. The van der Waals surface area contributed by atoms with Crippen molar-refractivity contribution in [2.24, 2.45) is 0 Å². The van der Waals surface area contributed by atoms with E-state index in [9.17, 15) is 13.2 Å². The van der Waals surface area contributed by atoms with Gasteiger partial charge in [-0.25, -0.2) is 13.1 Å². The van der Waals surface area contributed by atoms with Crippen LogP contribution in [0.4, 0.5) is 0 Å². The van der Waals surface area contributed by atoms with Crippen molar-refractivity contribution in [3.05, 3.63) is 53.6 Å². The Hall–Kier alpha value is -2.58. The maximum atomic E-state index is 12.5. The van der Waals surface area contributed by atoms with Crippen LogP contribution in [0.5, 0.6) is 11.5 Å². The van der Waals surface area contributed by atoms with Gasteiger partial charge in [0.2, 0.25) is 15.9 Å². The summed E-state index contributed by atoms with van der Waals surface area (Å²) in [6, 6.07) is 12.3. The Bertz CT molecular complexity index is 1040. The van der Waals surface area contributed by atoms with Gasteiger partial charge in [0.05, 0.1) is 10.9 Å². The number of fused-ring (bicyclic) bond motifs is 1. The third-order valence-corrected chi connectivity index (χ3v) is 6.86. The summed E-state index contributed by atoms with van der Waals surface area (Å²) in [5.74, 6) is 1.15. The molecule has 1 aliphatic heterocycles.